The zero-order valence-corrected chi connectivity index (χ0v) is 33.0. The van der Waals surface area contributed by atoms with Gasteiger partial charge in [-0.15, -0.1) is 22.7 Å². The molecule has 10 aromatic carbocycles. The fraction of sp³-hybridized carbons (Fsp3) is 0. The van der Waals surface area contributed by atoms with Gasteiger partial charge in [0.2, 0.25) is 0 Å². The smallest absolute Gasteiger partial charge is 0.0476 e. The lowest BCUT2D eigenvalue weighted by Crippen LogP contribution is -2.09. The molecule has 0 atom stereocenters. The van der Waals surface area contributed by atoms with E-state index in [1.807, 2.05) is 22.7 Å². The second-order valence-corrected chi connectivity index (χ2v) is 17.1. The SMILES string of the molecule is c1ccc(N(c2ccc3ccccc3c2)c2ccc3c(c2)sc2ccc4c(ccc5sc6cc(N(c7ccccc7)c7ccc8ccccc8c7)ccc6c54)c23)cc1. The van der Waals surface area contributed by atoms with Crippen LogP contribution < -0.4 is 9.80 Å². The molecular formula is C54H34N2S2. The van der Waals surface area contributed by atoms with E-state index in [2.05, 4.69) is 216 Å². The molecule has 0 aliphatic carbocycles. The monoisotopic (exact) mass is 774 g/mol. The molecule has 0 fully saturated rings. The number of hydrogen-bond acceptors (Lipinski definition) is 4. The van der Waals surface area contributed by atoms with Gasteiger partial charge in [-0.25, -0.2) is 0 Å². The number of nitrogens with zero attached hydrogens (tertiary/aromatic N) is 2. The van der Waals surface area contributed by atoms with Crippen molar-refractivity contribution in [2.45, 2.75) is 0 Å². The first kappa shape index (κ1) is 33.2. The Hall–Kier alpha value is -6.98. The van der Waals surface area contributed by atoms with Gasteiger partial charge in [-0.2, -0.15) is 0 Å². The van der Waals surface area contributed by atoms with Crippen LogP contribution in [0.25, 0.3) is 72.7 Å². The van der Waals surface area contributed by atoms with Crippen LogP contribution in [0, 0.1) is 0 Å². The van der Waals surface area contributed by atoms with E-state index in [0.29, 0.717) is 0 Å². The minimum absolute atomic E-state index is 1.14. The van der Waals surface area contributed by atoms with Crippen molar-refractivity contribution in [3.63, 3.8) is 0 Å². The summed E-state index contributed by atoms with van der Waals surface area (Å²) < 4.78 is 5.20. The van der Waals surface area contributed by atoms with Crippen molar-refractivity contribution in [3.05, 3.63) is 206 Å². The number of rotatable bonds is 6. The Labute approximate surface area is 343 Å². The van der Waals surface area contributed by atoms with Gasteiger partial charge in [-0.05, 0) is 117 Å². The van der Waals surface area contributed by atoms with Crippen LogP contribution in [0.4, 0.5) is 34.1 Å². The Bertz CT molecular complexity index is 3290. The molecule has 0 bridgehead atoms. The van der Waals surface area contributed by atoms with Crippen molar-refractivity contribution < 1.29 is 0 Å². The van der Waals surface area contributed by atoms with Gasteiger partial charge in [0.05, 0.1) is 0 Å². The zero-order valence-electron chi connectivity index (χ0n) is 31.3. The normalized spacial score (nSPS) is 11.8. The van der Waals surface area contributed by atoms with Gasteiger partial charge in [0.1, 0.15) is 0 Å². The average Bonchev–Trinajstić information content (AvgIpc) is 3.85. The third kappa shape index (κ3) is 5.37. The maximum Gasteiger partial charge on any atom is 0.0476 e. The molecule has 12 rings (SSSR count). The van der Waals surface area contributed by atoms with Crippen molar-refractivity contribution >= 4 is 129 Å². The molecule has 12 aromatic rings. The summed E-state index contributed by atoms with van der Waals surface area (Å²) >= 11 is 3.77. The number of anilines is 6. The fourth-order valence-electron chi connectivity index (χ4n) is 8.89. The summed E-state index contributed by atoms with van der Waals surface area (Å²) in [4.78, 5) is 4.76. The van der Waals surface area contributed by atoms with Crippen LogP contribution in [0.1, 0.15) is 0 Å². The Kier molecular flexibility index (Phi) is 7.62. The lowest BCUT2D eigenvalue weighted by Gasteiger charge is -2.26. The highest BCUT2D eigenvalue weighted by Gasteiger charge is 2.19. The van der Waals surface area contributed by atoms with E-state index in [1.165, 1.54) is 72.7 Å². The molecule has 0 aliphatic heterocycles. The summed E-state index contributed by atoms with van der Waals surface area (Å²) in [7, 11) is 0. The Morgan fingerprint density at radius 1 is 0.241 bits per heavy atom. The molecule has 272 valence electrons. The molecular weight excluding hydrogens is 741 g/mol. The second kappa shape index (κ2) is 13.3. The summed E-state index contributed by atoms with van der Waals surface area (Å²) in [5.74, 6) is 0. The molecule has 0 saturated heterocycles. The third-order valence-corrected chi connectivity index (χ3v) is 13.8. The number of hydrogen-bond donors (Lipinski definition) is 0. The molecule has 4 heteroatoms. The standard InChI is InChI=1S/C54H34N2S2/c1-3-15-39(16-4-1)55(41-21-19-35-11-7-9-13-37(35)31-41)43-23-25-47-51(33-43)57-49-29-27-46-45(53(47)49)28-30-50-54(46)48-26-24-44(34-52(48)58-50)56(40-17-5-2-6-18-40)42-22-20-36-12-8-10-14-38(36)32-42/h1-34H. The summed E-state index contributed by atoms with van der Waals surface area (Å²) in [5, 5.41) is 12.9. The van der Waals surface area contributed by atoms with Crippen LogP contribution in [0.15, 0.2) is 206 Å². The molecule has 0 spiro atoms. The average molecular weight is 775 g/mol. The third-order valence-electron chi connectivity index (χ3n) is 11.6. The van der Waals surface area contributed by atoms with Gasteiger partial charge in [0.25, 0.3) is 0 Å². The molecule has 0 unspecified atom stereocenters. The Balaban J connectivity index is 0.992. The van der Waals surface area contributed by atoms with E-state index in [-0.39, 0.29) is 0 Å². The van der Waals surface area contributed by atoms with Crippen molar-refractivity contribution in [3.8, 4) is 0 Å². The van der Waals surface area contributed by atoms with E-state index >= 15 is 0 Å². The molecule has 0 N–H and O–H groups in total. The van der Waals surface area contributed by atoms with E-state index in [0.717, 1.165) is 34.1 Å². The van der Waals surface area contributed by atoms with Crippen LogP contribution in [0.5, 0.6) is 0 Å². The largest absolute Gasteiger partial charge is 0.310 e. The highest BCUT2D eigenvalue weighted by Crippen LogP contribution is 2.47. The van der Waals surface area contributed by atoms with E-state index in [4.69, 9.17) is 0 Å². The predicted molar refractivity (Wildman–Crippen MR) is 254 cm³/mol. The van der Waals surface area contributed by atoms with E-state index < -0.39 is 0 Å². The van der Waals surface area contributed by atoms with E-state index in [9.17, 15) is 0 Å². The lowest BCUT2D eigenvalue weighted by molar-refractivity contribution is 1.30. The molecule has 0 aliphatic rings. The molecule has 58 heavy (non-hydrogen) atoms. The Morgan fingerprint density at radius 2 is 0.603 bits per heavy atom. The quantitative estimate of drug-likeness (QED) is 0.166. The first-order valence-corrected chi connectivity index (χ1v) is 21.3. The number of fused-ring (bicyclic) bond motifs is 11. The summed E-state index contributed by atoms with van der Waals surface area (Å²) in [6.07, 6.45) is 0. The maximum absolute atomic E-state index is 2.38. The molecule has 0 amide bonds. The zero-order chi connectivity index (χ0) is 38.2. The van der Waals surface area contributed by atoms with E-state index in [1.54, 1.807) is 0 Å². The van der Waals surface area contributed by atoms with Gasteiger partial charge in [0, 0.05) is 74.5 Å². The van der Waals surface area contributed by atoms with Crippen molar-refractivity contribution in [2.24, 2.45) is 0 Å². The molecule has 2 aromatic heterocycles. The van der Waals surface area contributed by atoms with Crippen LogP contribution in [-0.2, 0) is 0 Å². The molecule has 0 radical (unpaired) electrons. The van der Waals surface area contributed by atoms with Gasteiger partial charge >= 0.3 is 0 Å². The molecule has 2 nitrogen and oxygen atoms in total. The van der Waals surface area contributed by atoms with Crippen LogP contribution >= 0.6 is 22.7 Å². The van der Waals surface area contributed by atoms with Crippen molar-refractivity contribution in [1.82, 2.24) is 0 Å². The summed E-state index contributed by atoms with van der Waals surface area (Å²) in [6.45, 7) is 0. The molecule has 0 saturated carbocycles. The first-order valence-electron chi connectivity index (χ1n) is 19.7. The number of benzene rings is 10. The highest BCUT2D eigenvalue weighted by atomic mass is 32.1. The minimum atomic E-state index is 1.14. The minimum Gasteiger partial charge on any atom is -0.310 e. The second-order valence-electron chi connectivity index (χ2n) is 14.9. The lowest BCUT2D eigenvalue weighted by atomic mass is 9.99. The first-order chi connectivity index (χ1) is 28.7. The van der Waals surface area contributed by atoms with Crippen LogP contribution in [0.2, 0.25) is 0 Å². The topological polar surface area (TPSA) is 6.48 Å². The summed E-state index contributed by atoms with van der Waals surface area (Å²) in [5.41, 5.74) is 6.88. The maximum atomic E-state index is 2.38. The summed E-state index contributed by atoms with van der Waals surface area (Å²) in [6, 6.07) is 75.5. The van der Waals surface area contributed by atoms with Gasteiger partial charge < -0.3 is 9.80 Å². The predicted octanol–water partition coefficient (Wildman–Crippen LogP) is 16.8. The number of para-hydroxylation sites is 2. The van der Waals surface area contributed by atoms with Crippen LogP contribution in [0.3, 0.4) is 0 Å². The highest BCUT2D eigenvalue weighted by molar-refractivity contribution is 7.26. The Morgan fingerprint density at radius 3 is 1.05 bits per heavy atom. The van der Waals surface area contributed by atoms with Crippen LogP contribution in [-0.4, -0.2) is 0 Å². The number of thiophene rings is 2. The van der Waals surface area contributed by atoms with Gasteiger partial charge in [0.15, 0.2) is 0 Å². The molecule has 2 heterocycles. The van der Waals surface area contributed by atoms with Gasteiger partial charge in [-0.1, -0.05) is 121 Å². The van der Waals surface area contributed by atoms with Crippen molar-refractivity contribution in [2.75, 3.05) is 9.80 Å². The van der Waals surface area contributed by atoms with Gasteiger partial charge in [-0.3, -0.25) is 0 Å². The van der Waals surface area contributed by atoms with Crippen molar-refractivity contribution in [1.29, 1.82) is 0 Å². The fourth-order valence-corrected chi connectivity index (χ4v) is 11.2.